The minimum atomic E-state index is -2.46. The van der Waals surface area contributed by atoms with Crippen molar-refractivity contribution in [3.05, 3.63) is 102 Å². The number of aldehydes is 1. The lowest BCUT2D eigenvalue weighted by Crippen LogP contribution is -2.60. The smallest absolute Gasteiger partial charge is 0.192 e. The summed E-state index contributed by atoms with van der Waals surface area (Å²) in [4.78, 5) is 13.2. The molecule has 0 aliphatic rings. The summed E-state index contributed by atoms with van der Waals surface area (Å²) in [5.74, 6) is 0.777. The van der Waals surface area contributed by atoms with Gasteiger partial charge in [0.2, 0.25) is 0 Å². The number of hydrogen-bond donors (Lipinski definition) is 0. The number of methoxy groups -OCH3 is 1. The summed E-state index contributed by atoms with van der Waals surface area (Å²) in [5, 5.41) is -0.129. The van der Waals surface area contributed by atoms with Gasteiger partial charge in [0.15, 0.2) is 22.9 Å². The van der Waals surface area contributed by atoms with Gasteiger partial charge < -0.3 is 32.6 Å². The van der Waals surface area contributed by atoms with Crippen LogP contribution < -0.4 is 4.74 Å². The van der Waals surface area contributed by atoms with Crippen LogP contribution in [0.5, 0.6) is 5.75 Å². The van der Waals surface area contributed by atoms with E-state index in [1.807, 2.05) is 72.8 Å². The summed E-state index contributed by atoms with van der Waals surface area (Å²) in [5.41, 5.74) is 2.22. The van der Waals surface area contributed by atoms with Gasteiger partial charge >= 0.3 is 0 Å². The quantitative estimate of drug-likeness (QED) is 0.0841. The molecule has 0 heterocycles. The Morgan fingerprint density at radius 1 is 0.596 bits per heavy atom. The molecule has 52 heavy (non-hydrogen) atoms. The first-order valence-corrected chi connectivity index (χ1v) is 24.4. The second kappa shape index (κ2) is 18.6. The molecule has 0 aliphatic carbocycles. The Kier molecular flexibility index (Phi) is 15.7. The monoisotopic (exact) mass is 750 g/mol. The molecule has 0 saturated carbocycles. The molecule has 4 atom stereocenters. The fourth-order valence-corrected chi connectivity index (χ4v) is 7.92. The molecular formula is C43H66O7Si2. The van der Waals surface area contributed by atoms with E-state index in [0.29, 0.717) is 19.8 Å². The molecule has 0 amide bonds. The zero-order valence-electron chi connectivity index (χ0n) is 34.2. The van der Waals surface area contributed by atoms with Gasteiger partial charge in [0.05, 0.1) is 45.7 Å². The first-order valence-electron chi connectivity index (χ1n) is 18.5. The van der Waals surface area contributed by atoms with Crippen molar-refractivity contribution < 1.29 is 32.6 Å². The fourth-order valence-electron chi connectivity index (χ4n) is 5.48. The minimum absolute atomic E-state index is 0.00613. The summed E-state index contributed by atoms with van der Waals surface area (Å²) < 4.78 is 40.0. The van der Waals surface area contributed by atoms with Crippen molar-refractivity contribution in [3.63, 3.8) is 0 Å². The Labute approximate surface area is 317 Å². The predicted molar refractivity (Wildman–Crippen MR) is 217 cm³/mol. The number of ether oxygens (including phenoxy) is 4. The van der Waals surface area contributed by atoms with Gasteiger partial charge in [-0.1, -0.05) is 128 Å². The average molecular weight is 751 g/mol. The molecule has 0 bridgehead atoms. The molecule has 0 N–H and O–H groups in total. The second-order valence-electron chi connectivity index (χ2n) is 17.5. The Bertz CT molecular complexity index is 1480. The average Bonchev–Trinajstić information content (AvgIpc) is 3.08. The normalized spacial score (nSPS) is 15.5. The molecule has 3 aromatic rings. The summed E-state index contributed by atoms with van der Waals surface area (Å²) in [6, 6.07) is 28.0. The second-order valence-corrected chi connectivity index (χ2v) is 27.1. The molecule has 3 aromatic carbocycles. The highest BCUT2D eigenvalue weighted by molar-refractivity contribution is 6.74. The molecule has 0 fully saturated rings. The van der Waals surface area contributed by atoms with E-state index in [1.165, 1.54) is 0 Å². The maximum Gasteiger partial charge on any atom is 0.192 e. The first-order chi connectivity index (χ1) is 24.2. The molecule has 0 spiro atoms. The Morgan fingerprint density at radius 2 is 1.06 bits per heavy atom. The standard InChI is InChI=1S/C43H66O7Si2/c1-41(2,3)51(10,11)49-32-38(47-30-34-22-18-15-19-23-34)39(48-31-35-24-26-36(45-9)27-25-35)43(7,8)40(50-52(12,13)42(4,5)6)37(28-44)46-29-33-20-16-14-17-21-33/h14-28,37-40H,29-32H2,1-13H3. The maximum absolute atomic E-state index is 13.2. The van der Waals surface area contributed by atoms with Crippen LogP contribution in [-0.2, 0) is 47.7 Å². The number of carbonyl (C=O) groups is 1. The van der Waals surface area contributed by atoms with Crippen molar-refractivity contribution in [2.24, 2.45) is 5.41 Å². The van der Waals surface area contributed by atoms with Gasteiger partial charge in [0.25, 0.3) is 0 Å². The topological polar surface area (TPSA) is 72.5 Å². The van der Waals surface area contributed by atoms with Crippen LogP contribution in [0.1, 0.15) is 72.1 Å². The summed E-state index contributed by atoms with van der Waals surface area (Å²) in [7, 11) is -3.00. The van der Waals surface area contributed by atoms with Crippen molar-refractivity contribution in [3.8, 4) is 5.75 Å². The van der Waals surface area contributed by atoms with Crippen LogP contribution in [0.25, 0.3) is 0 Å². The van der Waals surface area contributed by atoms with E-state index >= 15 is 0 Å². The predicted octanol–water partition coefficient (Wildman–Crippen LogP) is 10.4. The maximum atomic E-state index is 13.2. The molecule has 4 unspecified atom stereocenters. The lowest BCUT2D eigenvalue weighted by atomic mass is 9.76. The first kappa shape index (κ1) is 43.8. The number of carbonyl (C=O) groups excluding carboxylic acids is 1. The Morgan fingerprint density at radius 3 is 1.52 bits per heavy atom. The third-order valence-electron chi connectivity index (χ3n) is 11.1. The zero-order chi connectivity index (χ0) is 38.8. The van der Waals surface area contributed by atoms with Crippen LogP contribution >= 0.6 is 0 Å². The van der Waals surface area contributed by atoms with E-state index in [1.54, 1.807) is 7.11 Å². The van der Waals surface area contributed by atoms with Crippen molar-refractivity contribution in [1.29, 1.82) is 0 Å². The van der Waals surface area contributed by atoms with Crippen LogP contribution in [0.4, 0.5) is 0 Å². The fraction of sp³-hybridized carbons (Fsp3) is 0.558. The van der Waals surface area contributed by atoms with E-state index < -0.39 is 46.5 Å². The van der Waals surface area contributed by atoms with Crippen LogP contribution in [0, 0.1) is 5.41 Å². The number of hydrogen-bond acceptors (Lipinski definition) is 7. The molecular weight excluding hydrogens is 685 g/mol. The van der Waals surface area contributed by atoms with Gasteiger partial charge in [0, 0.05) is 5.41 Å². The van der Waals surface area contributed by atoms with Crippen LogP contribution in [-0.4, -0.2) is 61.1 Å². The SMILES string of the molecule is COc1ccc(COC(C(CO[Si](C)(C)C(C)(C)C)OCc2ccccc2)C(C)(C)C(O[Si](C)(C)C(C)(C)C)C(C=O)OCc2ccccc2)cc1. The summed E-state index contributed by atoms with van der Waals surface area (Å²) >= 11 is 0. The summed E-state index contributed by atoms with van der Waals surface area (Å²) in [6.45, 7) is 27.8. The van der Waals surface area contributed by atoms with Gasteiger partial charge in [0.1, 0.15) is 18.0 Å². The van der Waals surface area contributed by atoms with E-state index in [4.69, 9.17) is 27.8 Å². The van der Waals surface area contributed by atoms with Crippen LogP contribution in [0.3, 0.4) is 0 Å². The van der Waals surface area contributed by atoms with Crippen LogP contribution in [0.15, 0.2) is 84.9 Å². The zero-order valence-corrected chi connectivity index (χ0v) is 36.2. The molecule has 0 aliphatic heterocycles. The third kappa shape index (κ3) is 12.2. The van der Waals surface area contributed by atoms with Crippen molar-refractivity contribution in [2.45, 2.75) is 136 Å². The molecule has 3 rings (SSSR count). The minimum Gasteiger partial charge on any atom is -0.497 e. The van der Waals surface area contributed by atoms with Gasteiger partial charge in [-0.2, -0.15) is 0 Å². The number of benzene rings is 3. The Hall–Kier alpha value is -2.64. The molecule has 0 radical (unpaired) electrons. The Balaban J connectivity index is 2.15. The van der Waals surface area contributed by atoms with Crippen molar-refractivity contribution in [1.82, 2.24) is 0 Å². The molecule has 0 aromatic heterocycles. The lowest BCUT2D eigenvalue weighted by molar-refractivity contribution is -0.186. The third-order valence-corrected chi connectivity index (χ3v) is 20.0. The highest BCUT2D eigenvalue weighted by Crippen LogP contribution is 2.44. The molecule has 7 nitrogen and oxygen atoms in total. The highest BCUT2D eigenvalue weighted by atomic mass is 28.4. The summed E-state index contributed by atoms with van der Waals surface area (Å²) in [6.07, 6.45) is -1.71. The molecule has 9 heteroatoms. The number of rotatable bonds is 20. The van der Waals surface area contributed by atoms with Gasteiger partial charge in [-0.25, -0.2) is 0 Å². The van der Waals surface area contributed by atoms with Crippen LogP contribution in [0.2, 0.25) is 36.3 Å². The molecule has 288 valence electrons. The van der Waals surface area contributed by atoms with Gasteiger partial charge in [-0.3, -0.25) is 0 Å². The van der Waals surface area contributed by atoms with Gasteiger partial charge in [-0.05, 0) is 65.1 Å². The van der Waals surface area contributed by atoms with E-state index in [0.717, 1.165) is 28.7 Å². The van der Waals surface area contributed by atoms with E-state index in [-0.39, 0.29) is 16.7 Å². The highest BCUT2D eigenvalue weighted by Gasteiger charge is 2.52. The largest absolute Gasteiger partial charge is 0.497 e. The van der Waals surface area contributed by atoms with Gasteiger partial charge in [-0.15, -0.1) is 0 Å². The van der Waals surface area contributed by atoms with Crippen molar-refractivity contribution >= 4 is 22.9 Å². The molecule has 0 saturated heterocycles. The van der Waals surface area contributed by atoms with E-state index in [9.17, 15) is 4.79 Å². The lowest BCUT2D eigenvalue weighted by Gasteiger charge is -2.50. The van der Waals surface area contributed by atoms with E-state index in [2.05, 4.69) is 93.7 Å². The van der Waals surface area contributed by atoms with Crippen molar-refractivity contribution in [2.75, 3.05) is 13.7 Å².